The zero-order valence-electron chi connectivity index (χ0n) is 12.4. The van der Waals surface area contributed by atoms with Gasteiger partial charge in [0, 0.05) is 12.5 Å². The van der Waals surface area contributed by atoms with Gasteiger partial charge in [0.05, 0.1) is 6.10 Å². The first-order valence-corrected chi connectivity index (χ1v) is 9.87. The van der Waals surface area contributed by atoms with Gasteiger partial charge in [-0.15, -0.1) is 0 Å². The topological polar surface area (TPSA) is 29.5 Å². The highest BCUT2D eigenvalue weighted by Crippen LogP contribution is 2.41. The van der Waals surface area contributed by atoms with Crippen LogP contribution in [0.3, 0.4) is 0 Å². The van der Waals surface area contributed by atoms with E-state index < -0.39 is 8.32 Å². The SMILES string of the molecule is C[C@H]1CC[C@H](CO)[C@@H](O[Si](C)(C)C(C)(C)C)C1. The maximum absolute atomic E-state index is 9.48. The minimum Gasteiger partial charge on any atom is -0.414 e. The van der Waals surface area contributed by atoms with Crippen LogP contribution in [0.2, 0.25) is 18.1 Å². The van der Waals surface area contributed by atoms with Crippen molar-refractivity contribution in [3.63, 3.8) is 0 Å². The molecule has 0 aliphatic heterocycles. The second-order valence-electron chi connectivity index (χ2n) is 7.28. The standard InChI is InChI=1S/C14H30O2Si/c1-11-7-8-12(10-15)13(9-11)16-17(5,6)14(2,3)4/h11-13,15H,7-10H2,1-6H3/t11-,12+,13-/m0/s1. The van der Waals surface area contributed by atoms with Crippen molar-refractivity contribution >= 4 is 8.32 Å². The monoisotopic (exact) mass is 258 g/mol. The van der Waals surface area contributed by atoms with Crippen molar-refractivity contribution in [3.8, 4) is 0 Å². The highest BCUT2D eigenvalue weighted by molar-refractivity contribution is 6.74. The second-order valence-corrected chi connectivity index (χ2v) is 12.0. The third-order valence-electron chi connectivity index (χ3n) is 4.68. The summed E-state index contributed by atoms with van der Waals surface area (Å²) in [4.78, 5) is 0. The van der Waals surface area contributed by atoms with Gasteiger partial charge in [-0.25, -0.2) is 0 Å². The Morgan fingerprint density at radius 2 is 1.82 bits per heavy atom. The van der Waals surface area contributed by atoms with Crippen LogP contribution in [0, 0.1) is 11.8 Å². The van der Waals surface area contributed by atoms with E-state index in [9.17, 15) is 5.11 Å². The van der Waals surface area contributed by atoms with Crippen molar-refractivity contribution in [2.45, 2.75) is 71.2 Å². The molecule has 0 unspecified atom stereocenters. The molecule has 1 aliphatic carbocycles. The number of aliphatic hydroxyl groups is 1. The van der Waals surface area contributed by atoms with Gasteiger partial charge in [0.15, 0.2) is 8.32 Å². The van der Waals surface area contributed by atoms with Gasteiger partial charge in [0.25, 0.3) is 0 Å². The molecular formula is C14H30O2Si. The van der Waals surface area contributed by atoms with E-state index in [0.29, 0.717) is 5.92 Å². The van der Waals surface area contributed by atoms with Gasteiger partial charge in [0.2, 0.25) is 0 Å². The minimum atomic E-state index is -1.69. The fraction of sp³-hybridized carbons (Fsp3) is 1.00. The summed E-state index contributed by atoms with van der Waals surface area (Å²) in [5, 5.41) is 9.74. The lowest BCUT2D eigenvalue weighted by molar-refractivity contribution is 0.0273. The fourth-order valence-corrected chi connectivity index (χ4v) is 3.70. The molecule has 0 aromatic carbocycles. The van der Waals surface area contributed by atoms with E-state index >= 15 is 0 Å². The molecule has 1 fully saturated rings. The predicted octanol–water partition coefficient (Wildman–Crippen LogP) is 3.81. The van der Waals surface area contributed by atoms with Crippen LogP contribution in [0.15, 0.2) is 0 Å². The second kappa shape index (κ2) is 5.41. The summed E-state index contributed by atoms with van der Waals surface area (Å²) < 4.78 is 6.50. The van der Waals surface area contributed by atoms with Crippen LogP contribution in [0.5, 0.6) is 0 Å². The molecule has 3 atom stereocenters. The first kappa shape index (κ1) is 15.2. The summed E-state index contributed by atoms with van der Waals surface area (Å²) in [5.74, 6) is 1.10. The highest BCUT2D eigenvalue weighted by Gasteiger charge is 2.41. The quantitative estimate of drug-likeness (QED) is 0.780. The molecule has 0 radical (unpaired) electrons. The minimum absolute atomic E-state index is 0.258. The van der Waals surface area contributed by atoms with Gasteiger partial charge in [0.1, 0.15) is 0 Å². The maximum Gasteiger partial charge on any atom is 0.192 e. The van der Waals surface area contributed by atoms with Crippen LogP contribution in [0.25, 0.3) is 0 Å². The molecule has 0 heterocycles. The van der Waals surface area contributed by atoms with Gasteiger partial charge in [-0.3, -0.25) is 0 Å². The molecule has 0 aromatic rings. The number of hydrogen-bond acceptors (Lipinski definition) is 2. The van der Waals surface area contributed by atoms with Crippen molar-refractivity contribution in [2.24, 2.45) is 11.8 Å². The summed E-state index contributed by atoms with van der Waals surface area (Å²) in [6.07, 6.45) is 3.77. The van der Waals surface area contributed by atoms with E-state index in [4.69, 9.17) is 4.43 Å². The largest absolute Gasteiger partial charge is 0.414 e. The van der Waals surface area contributed by atoms with Crippen molar-refractivity contribution in [1.29, 1.82) is 0 Å². The Labute approximate surface area is 108 Å². The van der Waals surface area contributed by atoms with Crippen LogP contribution in [0.4, 0.5) is 0 Å². The molecule has 102 valence electrons. The fourth-order valence-electron chi connectivity index (χ4n) is 2.30. The van der Waals surface area contributed by atoms with Crippen LogP contribution < -0.4 is 0 Å². The van der Waals surface area contributed by atoms with Crippen molar-refractivity contribution in [3.05, 3.63) is 0 Å². The Balaban J connectivity index is 2.70. The molecule has 0 amide bonds. The summed E-state index contributed by atoms with van der Waals surface area (Å²) in [6.45, 7) is 14.0. The molecule has 3 heteroatoms. The molecule has 0 saturated heterocycles. The molecule has 1 N–H and O–H groups in total. The Bertz CT molecular complexity index is 245. The van der Waals surface area contributed by atoms with Gasteiger partial charge in [-0.1, -0.05) is 34.1 Å². The highest BCUT2D eigenvalue weighted by atomic mass is 28.4. The Hall–Kier alpha value is 0.137. The summed E-state index contributed by atoms with van der Waals surface area (Å²) in [5.41, 5.74) is 0. The van der Waals surface area contributed by atoms with E-state index in [2.05, 4.69) is 40.8 Å². The average Bonchev–Trinajstić information content (AvgIpc) is 2.15. The molecule has 1 aliphatic rings. The van der Waals surface area contributed by atoms with Crippen molar-refractivity contribution in [1.82, 2.24) is 0 Å². The van der Waals surface area contributed by atoms with Crippen molar-refractivity contribution in [2.75, 3.05) is 6.61 Å². The van der Waals surface area contributed by atoms with Crippen LogP contribution in [-0.2, 0) is 4.43 Å². The Morgan fingerprint density at radius 1 is 1.24 bits per heavy atom. The normalized spacial score (nSPS) is 31.6. The third kappa shape index (κ3) is 3.80. The first-order chi connectivity index (χ1) is 7.67. The first-order valence-electron chi connectivity index (χ1n) is 6.96. The lowest BCUT2D eigenvalue weighted by Crippen LogP contribution is -2.47. The Morgan fingerprint density at radius 3 is 2.29 bits per heavy atom. The van der Waals surface area contributed by atoms with E-state index in [1.807, 2.05) is 0 Å². The number of aliphatic hydroxyl groups excluding tert-OH is 1. The lowest BCUT2D eigenvalue weighted by atomic mass is 9.81. The summed E-state index contributed by atoms with van der Waals surface area (Å²) in [6, 6.07) is 0. The predicted molar refractivity (Wildman–Crippen MR) is 75.7 cm³/mol. The van der Waals surface area contributed by atoms with E-state index in [-0.39, 0.29) is 17.7 Å². The number of hydrogen-bond donors (Lipinski definition) is 1. The van der Waals surface area contributed by atoms with Gasteiger partial charge < -0.3 is 9.53 Å². The van der Waals surface area contributed by atoms with E-state index in [0.717, 1.165) is 18.8 Å². The maximum atomic E-state index is 9.48. The average molecular weight is 258 g/mol. The van der Waals surface area contributed by atoms with Gasteiger partial charge >= 0.3 is 0 Å². The zero-order valence-corrected chi connectivity index (χ0v) is 13.4. The molecule has 2 nitrogen and oxygen atoms in total. The molecule has 1 rings (SSSR count). The molecular weight excluding hydrogens is 228 g/mol. The molecule has 0 aromatic heterocycles. The molecule has 17 heavy (non-hydrogen) atoms. The summed E-state index contributed by atoms with van der Waals surface area (Å²) in [7, 11) is -1.69. The van der Waals surface area contributed by atoms with Gasteiger partial charge in [-0.05, 0) is 36.9 Å². The van der Waals surface area contributed by atoms with Crippen LogP contribution in [0.1, 0.15) is 47.0 Å². The summed E-state index contributed by atoms with van der Waals surface area (Å²) >= 11 is 0. The molecule has 0 spiro atoms. The van der Waals surface area contributed by atoms with Crippen LogP contribution >= 0.6 is 0 Å². The molecule has 1 saturated carbocycles. The van der Waals surface area contributed by atoms with Gasteiger partial charge in [-0.2, -0.15) is 0 Å². The Kier molecular flexibility index (Phi) is 4.84. The van der Waals surface area contributed by atoms with Crippen molar-refractivity contribution < 1.29 is 9.53 Å². The zero-order chi connectivity index (χ0) is 13.3. The lowest BCUT2D eigenvalue weighted by Gasteiger charge is -2.43. The number of rotatable bonds is 3. The molecule has 0 bridgehead atoms. The van der Waals surface area contributed by atoms with E-state index in [1.165, 1.54) is 6.42 Å². The third-order valence-corrected chi connectivity index (χ3v) is 9.18. The van der Waals surface area contributed by atoms with Crippen LogP contribution in [-0.4, -0.2) is 26.1 Å². The smallest absolute Gasteiger partial charge is 0.192 e. The van der Waals surface area contributed by atoms with E-state index in [1.54, 1.807) is 0 Å².